The van der Waals surface area contributed by atoms with E-state index in [1.54, 1.807) is 55.5 Å². The van der Waals surface area contributed by atoms with Crippen LogP contribution in [-0.2, 0) is 16.6 Å². The van der Waals surface area contributed by atoms with E-state index in [-0.39, 0.29) is 30.0 Å². The first-order valence-corrected chi connectivity index (χ1v) is 12.5. The van der Waals surface area contributed by atoms with Gasteiger partial charge < -0.3 is 15.5 Å². The number of carbonyl (C=O) groups excluding carboxylic acids is 1. The minimum Gasteiger partial charge on any atom is -0.394 e. The van der Waals surface area contributed by atoms with E-state index in [1.807, 2.05) is 6.07 Å². The van der Waals surface area contributed by atoms with Gasteiger partial charge in [0.1, 0.15) is 0 Å². The highest BCUT2D eigenvalue weighted by atomic mass is 35.5. The standard InChI is InChI=1S/C25H27ClN2O5S/c1-18(16-29)27-25(31)21-9-7-19(8-10-21)15-28(24(17-30)20-5-3-2-4-6-20)34(32,33)23-13-11-22(26)12-14-23/h2-14,18,24,29-30H,15-17H2,1H3,(H,27,31). The van der Waals surface area contributed by atoms with Crippen LogP contribution >= 0.6 is 11.6 Å². The Hall–Kier alpha value is -2.75. The summed E-state index contributed by atoms with van der Waals surface area (Å²) in [6.45, 7) is 1.06. The summed E-state index contributed by atoms with van der Waals surface area (Å²) in [7, 11) is -4.01. The molecule has 2 atom stereocenters. The topological polar surface area (TPSA) is 107 Å². The minimum absolute atomic E-state index is 0.0278. The normalized spacial score (nSPS) is 13.4. The van der Waals surface area contributed by atoms with Crippen LogP contribution in [0.25, 0.3) is 0 Å². The summed E-state index contributed by atoms with van der Waals surface area (Å²) < 4.78 is 28.5. The first-order valence-electron chi connectivity index (χ1n) is 10.7. The second-order valence-electron chi connectivity index (χ2n) is 7.87. The van der Waals surface area contributed by atoms with Crippen molar-refractivity contribution in [2.75, 3.05) is 13.2 Å². The lowest BCUT2D eigenvalue weighted by molar-refractivity contribution is 0.0922. The molecule has 3 aromatic carbocycles. The molecule has 1 amide bonds. The highest BCUT2D eigenvalue weighted by molar-refractivity contribution is 7.89. The minimum atomic E-state index is -4.01. The van der Waals surface area contributed by atoms with Gasteiger partial charge in [-0.2, -0.15) is 4.31 Å². The number of sulfonamides is 1. The monoisotopic (exact) mass is 502 g/mol. The molecule has 0 saturated heterocycles. The molecule has 0 bridgehead atoms. The van der Waals surface area contributed by atoms with Crippen LogP contribution in [-0.4, -0.2) is 48.1 Å². The maximum absolute atomic E-state index is 13.6. The van der Waals surface area contributed by atoms with Crippen LogP contribution in [0.5, 0.6) is 0 Å². The molecule has 34 heavy (non-hydrogen) atoms. The fourth-order valence-electron chi connectivity index (χ4n) is 3.44. The van der Waals surface area contributed by atoms with Crippen LogP contribution < -0.4 is 5.32 Å². The predicted octanol–water partition coefficient (Wildman–Crippen LogP) is 3.38. The van der Waals surface area contributed by atoms with Gasteiger partial charge in [0.05, 0.1) is 24.2 Å². The second-order valence-corrected chi connectivity index (χ2v) is 10.2. The fourth-order valence-corrected chi connectivity index (χ4v) is 5.16. The first-order chi connectivity index (χ1) is 16.3. The Bertz CT molecular complexity index is 1190. The van der Waals surface area contributed by atoms with Gasteiger partial charge in [-0.05, 0) is 54.4 Å². The molecule has 7 nitrogen and oxygen atoms in total. The van der Waals surface area contributed by atoms with Crippen LogP contribution in [0.15, 0.2) is 83.8 Å². The number of amides is 1. The maximum Gasteiger partial charge on any atom is 0.251 e. The number of benzene rings is 3. The number of aliphatic hydroxyl groups is 2. The van der Waals surface area contributed by atoms with E-state index in [4.69, 9.17) is 16.7 Å². The lowest BCUT2D eigenvalue weighted by Crippen LogP contribution is -2.36. The van der Waals surface area contributed by atoms with Crippen LogP contribution in [0.2, 0.25) is 5.02 Å². The van der Waals surface area contributed by atoms with Crippen LogP contribution in [0.4, 0.5) is 0 Å². The van der Waals surface area contributed by atoms with Gasteiger partial charge in [-0.3, -0.25) is 4.79 Å². The fraction of sp³-hybridized carbons (Fsp3) is 0.240. The predicted molar refractivity (Wildman–Crippen MR) is 131 cm³/mol. The van der Waals surface area contributed by atoms with Crippen molar-refractivity contribution in [1.29, 1.82) is 0 Å². The quantitative estimate of drug-likeness (QED) is 0.394. The third-order valence-corrected chi connectivity index (χ3v) is 7.45. The molecule has 180 valence electrons. The second kappa shape index (κ2) is 11.6. The number of rotatable bonds is 10. The summed E-state index contributed by atoms with van der Waals surface area (Å²) in [5.74, 6) is -0.337. The Labute approximate surface area is 204 Å². The number of aliphatic hydroxyl groups excluding tert-OH is 2. The van der Waals surface area contributed by atoms with Gasteiger partial charge in [0.15, 0.2) is 0 Å². The lowest BCUT2D eigenvalue weighted by Gasteiger charge is -2.30. The molecular formula is C25H27ClN2O5S. The molecule has 3 N–H and O–H groups in total. The molecule has 0 heterocycles. The Balaban J connectivity index is 1.96. The molecule has 0 aliphatic carbocycles. The van der Waals surface area contributed by atoms with Gasteiger partial charge in [0.2, 0.25) is 10.0 Å². The van der Waals surface area contributed by atoms with E-state index >= 15 is 0 Å². The number of halogens is 1. The largest absolute Gasteiger partial charge is 0.394 e. The van der Waals surface area contributed by atoms with Crippen molar-refractivity contribution < 1.29 is 23.4 Å². The number of nitrogens with one attached hydrogen (secondary N) is 1. The van der Waals surface area contributed by atoms with E-state index in [9.17, 15) is 18.3 Å². The summed E-state index contributed by atoms with van der Waals surface area (Å²) in [4.78, 5) is 12.3. The summed E-state index contributed by atoms with van der Waals surface area (Å²) in [6.07, 6.45) is 0. The Morgan fingerprint density at radius 3 is 2.12 bits per heavy atom. The van der Waals surface area contributed by atoms with Crippen molar-refractivity contribution in [2.45, 2.75) is 30.4 Å². The third kappa shape index (κ3) is 6.22. The number of hydrogen-bond acceptors (Lipinski definition) is 5. The van der Waals surface area contributed by atoms with Gasteiger partial charge in [-0.1, -0.05) is 54.1 Å². The highest BCUT2D eigenvalue weighted by Gasteiger charge is 2.32. The Morgan fingerprint density at radius 1 is 0.941 bits per heavy atom. The summed E-state index contributed by atoms with van der Waals surface area (Å²) in [6, 6.07) is 20.1. The molecule has 0 saturated carbocycles. The zero-order valence-corrected chi connectivity index (χ0v) is 20.2. The van der Waals surface area contributed by atoms with Gasteiger partial charge in [0.25, 0.3) is 5.91 Å². The van der Waals surface area contributed by atoms with Gasteiger partial charge in [-0.15, -0.1) is 0 Å². The van der Waals surface area contributed by atoms with E-state index < -0.39 is 22.7 Å². The summed E-state index contributed by atoms with van der Waals surface area (Å²) in [5.41, 5.74) is 1.67. The number of hydrogen-bond donors (Lipinski definition) is 3. The Morgan fingerprint density at radius 2 is 1.56 bits per heavy atom. The zero-order valence-electron chi connectivity index (χ0n) is 18.6. The third-order valence-electron chi connectivity index (χ3n) is 5.33. The molecule has 3 rings (SSSR count). The molecule has 3 aromatic rings. The average Bonchev–Trinajstić information content (AvgIpc) is 2.85. The van der Waals surface area contributed by atoms with Crippen molar-refractivity contribution in [3.63, 3.8) is 0 Å². The van der Waals surface area contributed by atoms with Gasteiger partial charge >= 0.3 is 0 Å². The molecule has 0 radical (unpaired) electrons. The highest BCUT2D eigenvalue weighted by Crippen LogP contribution is 2.30. The zero-order chi connectivity index (χ0) is 24.7. The number of carbonyl (C=O) groups is 1. The lowest BCUT2D eigenvalue weighted by atomic mass is 10.1. The van der Waals surface area contributed by atoms with Crippen LogP contribution in [0, 0.1) is 0 Å². The van der Waals surface area contributed by atoms with Gasteiger partial charge in [0, 0.05) is 23.2 Å². The molecule has 9 heteroatoms. The van der Waals surface area contributed by atoms with E-state index in [1.165, 1.54) is 28.6 Å². The first kappa shape index (κ1) is 25.9. The molecule has 0 aromatic heterocycles. The summed E-state index contributed by atoms with van der Waals surface area (Å²) in [5, 5.41) is 22.4. The molecule has 0 spiro atoms. The van der Waals surface area contributed by atoms with E-state index in [0.29, 0.717) is 21.7 Å². The van der Waals surface area contributed by atoms with Crippen LogP contribution in [0.1, 0.15) is 34.5 Å². The smallest absolute Gasteiger partial charge is 0.251 e. The molecule has 0 aliphatic rings. The number of nitrogens with zero attached hydrogens (tertiary/aromatic N) is 1. The van der Waals surface area contributed by atoms with Crippen molar-refractivity contribution in [3.8, 4) is 0 Å². The van der Waals surface area contributed by atoms with Crippen molar-refractivity contribution in [1.82, 2.24) is 9.62 Å². The Kier molecular flexibility index (Phi) is 8.82. The molecular weight excluding hydrogens is 476 g/mol. The molecule has 0 fully saturated rings. The molecule has 0 aliphatic heterocycles. The van der Waals surface area contributed by atoms with E-state index in [0.717, 1.165) is 0 Å². The van der Waals surface area contributed by atoms with Crippen molar-refractivity contribution in [2.24, 2.45) is 0 Å². The SMILES string of the molecule is CC(CO)NC(=O)c1ccc(CN(C(CO)c2ccccc2)S(=O)(=O)c2ccc(Cl)cc2)cc1. The summed E-state index contributed by atoms with van der Waals surface area (Å²) >= 11 is 5.94. The van der Waals surface area contributed by atoms with E-state index in [2.05, 4.69) is 5.32 Å². The van der Waals surface area contributed by atoms with Crippen LogP contribution in [0.3, 0.4) is 0 Å². The van der Waals surface area contributed by atoms with Gasteiger partial charge in [-0.25, -0.2) is 8.42 Å². The van der Waals surface area contributed by atoms with Crippen molar-refractivity contribution in [3.05, 3.63) is 101 Å². The maximum atomic E-state index is 13.6. The average molecular weight is 503 g/mol. The molecule has 2 unspecified atom stereocenters. The van der Waals surface area contributed by atoms with Crippen molar-refractivity contribution >= 4 is 27.5 Å².